The number of fused-ring (bicyclic) bond motifs is 1. The number of benzene rings is 1. The van der Waals surface area contributed by atoms with E-state index < -0.39 is 0 Å². The summed E-state index contributed by atoms with van der Waals surface area (Å²) in [6.07, 6.45) is 7.57. The lowest BCUT2D eigenvalue weighted by atomic mass is 9.88. The number of hydrogen-bond acceptors (Lipinski definition) is 4. The van der Waals surface area contributed by atoms with Crippen molar-refractivity contribution in [2.24, 2.45) is 0 Å². The molecule has 1 fully saturated rings. The molecule has 2 aliphatic rings. The van der Waals surface area contributed by atoms with Crippen molar-refractivity contribution in [3.05, 3.63) is 47.2 Å². The summed E-state index contributed by atoms with van der Waals surface area (Å²) in [5.41, 5.74) is 3.34. The predicted molar refractivity (Wildman–Crippen MR) is 103 cm³/mol. The number of carbonyl (C=O) groups excluding carboxylic acids is 1. The Bertz CT molecular complexity index is 611. The van der Waals surface area contributed by atoms with Gasteiger partial charge in [-0.25, -0.2) is 4.79 Å². The van der Waals surface area contributed by atoms with Crippen LogP contribution in [0.15, 0.2) is 41.6 Å². The summed E-state index contributed by atoms with van der Waals surface area (Å²) in [7, 11) is 0. The van der Waals surface area contributed by atoms with Crippen LogP contribution in [0.3, 0.4) is 0 Å². The zero-order valence-electron chi connectivity index (χ0n) is 15.9. The highest BCUT2D eigenvalue weighted by molar-refractivity contribution is 5.89. The molecule has 142 valence electrons. The van der Waals surface area contributed by atoms with Gasteiger partial charge in [0.1, 0.15) is 0 Å². The lowest BCUT2D eigenvalue weighted by Gasteiger charge is -2.43. The van der Waals surface area contributed by atoms with E-state index in [-0.39, 0.29) is 5.97 Å². The monoisotopic (exact) mass is 357 g/mol. The van der Waals surface area contributed by atoms with Gasteiger partial charge in [-0.1, -0.05) is 30.3 Å². The fourth-order valence-electron chi connectivity index (χ4n) is 4.12. The van der Waals surface area contributed by atoms with Gasteiger partial charge in [0.2, 0.25) is 0 Å². The minimum Gasteiger partial charge on any atom is -0.463 e. The van der Waals surface area contributed by atoms with Crippen molar-refractivity contribution in [1.29, 1.82) is 0 Å². The maximum atomic E-state index is 12.4. The van der Waals surface area contributed by atoms with Gasteiger partial charge >= 0.3 is 5.97 Å². The van der Waals surface area contributed by atoms with Crippen molar-refractivity contribution in [3.63, 3.8) is 0 Å². The van der Waals surface area contributed by atoms with Gasteiger partial charge in [0.25, 0.3) is 0 Å². The van der Waals surface area contributed by atoms with Gasteiger partial charge in [-0.3, -0.25) is 0 Å². The van der Waals surface area contributed by atoms with Crippen LogP contribution in [-0.4, -0.2) is 36.7 Å². The summed E-state index contributed by atoms with van der Waals surface area (Å²) in [4.78, 5) is 14.9. The SMILES string of the molecule is CCOC(=O)C1=C(CCCOCc2ccccc2)N2CCCCC2CC1. The van der Waals surface area contributed by atoms with Crippen LogP contribution < -0.4 is 0 Å². The summed E-state index contributed by atoms with van der Waals surface area (Å²) >= 11 is 0. The molecule has 4 heteroatoms. The Kier molecular flexibility index (Phi) is 7.13. The minimum atomic E-state index is -0.114. The number of rotatable bonds is 8. The standard InChI is InChI=1S/C22H31NO3/c1-2-26-22(24)20-14-13-19-11-6-7-15-23(19)21(20)12-8-16-25-17-18-9-4-3-5-10-18/h3-5,9-10,19H,2,6-8,11-17H2,1H3. The van der Waals surface area contributed by atoms with Crippen molar-refractivity contribution in [1.82, 2.24) is 4.90 Å². The highest BCUT2D eigenvalue weighted by Gasteiger charge is 2.32. The second kappa shape index (κ2) is 9.77. The number of esters is 1. The van der Waals surface area contributed by atoms with Gasteiger partial charge in [-0.15, -0.1) is 0 Å². The molecule has 4 nitrogen and oxygen atoms in total. The van der Waals surface area contributed by atoms with Crippen LogP contribution in [0.2, 0.25) is 0 Å². The molecule has 1 atom stereocenters. The van der Waals surface area contributed by atoms with Crippen LogP contribution in [0.5, 0.6) is 0 Å². The molecule has 0 aliphatic carbocycles. The molecule has 0 N–H and O–H groups in total. The molecular formula is C22H31NO3. The molecule has 1 saturated heterocycles. The first-order chi connectivity index (χ1) is 12.8. The first-order valence-electron chi connectivity index (χ1n) is 10.1. The van der Waals surface area contributed by atoms with E-state index in [1.165, 1.54) is 30.5 Å². The van der Waals surface area contributed by atoms with Gasteiger partial charge in [-0.2, -0.15) is 0 Å². The minimum absolute atomic E-state index is 0.114. The van der Waals surface area contributed by atoms with E-state index in [0.29, 0.717) is 25.9 Å². The molecule has 0 spiro atoms. The van der Waals surface area contributed by atoms with Crippen LogP contribution >= 0.6 is 0 Å². The molecule has 0 amide bonds. The number of piperidine rings is 1. The largest absolute Gasteiger partial charge is 0.463 e. The van der Waals surface area contributed by atoms with Crippen molar-refractivity contribution in [3.8, 4) is 0 Å². The van der Waals surface area contributed by atoms with Gasteiger partial charge < -0.3 is 14.4 Å². The van der Waals surface area contributed by atoms with Crippen molar-refractivity contribution in [2.45, 2.75) is 64.5 Å². The van der Waals surface area contributed by atoms with Gasteiger partial charge in [-0.05, 0) is 57.4 Å². The Balaban J connectivity index is 1.57. The van der Waals surface area contributed by atoms with E-state index in [4.69, 9.17) is 9.47 Å². The first-order valence-corrected chi connectivity index (χ1v) is 10.1. The Morgan fingerprint density at radius 1 is 1.19 bits per heavy atom. The Hall–Kier alpha value is -1.81. The fraction of sp³-hybridized carbons (Fsp3) is 0.591. The summed E-state index contributed by atoms with van der Waals surface area (Å²) in [5, 5.41) is 0. The number of allylic oxidation sites excluding steroid dienone is 1. The van der Waals surface area contributed by atoms with Gasteiger partial charge in [0.05, 0.1) is 18.8 Å². The van der Waals surface area contributed by atoms with Crippen LogP contribution in [0.4, 0.5) is 0 Å². The number of hydrogen-bond donors (Lipinski definition) is 0. The molecule has 3 rings (SSSR count). The van der Waals surface area contributed by atoms with Gasteiger partial charge in [0, 0.05) is 24.9 Å². The van der Waals surface area contributed by atoms with E-state index >= 15 is 0 Å². The van der Waals surface area contributed by atoms with E-state index in [0.717, 1.165) is 37.8 Å². The quantitative estimate of drug-likeness (QED) is 0.509. The highest BCUT2D eigenvalue weighted by atomic mass is 16.5. The molecule has 1 aromatic carbocycles. The molecule has 26 heavy (non-hydrogen) atoms. The van der Waals surface area contributed by atoms with Crippen molar-refractivity contribution in [2.75, 3.05) is 19.8 Å². The number of ether oxygens (including phenoxy) is 2. The Morgan fingerprint density at radius 2 is 2.04 bits per heavy atom. The molecule has 0 aromatic heterocycles. The third-order valence-electron chi connectivity index (χ3n) is 5.39. The third-order valence-corrected chi connectivity index (χ3v) is 5.39. The lowest BCUT2D eigenvalue weighted by molar-refractivity contribution is -0.139. The molecule has 2 aliphatic heterocycles. The zero-order chi connectivity index (χ0) is 18.2. The second-order valence-corrected chi connectivity index (χ2v) is 7.17. The normalized spacial score (nSPS) is 20.0. The first kappa shape index (κ1) is 19.0. The second-order valence-electron chi connectivity index (χ2n) is 7.17. The lowest BCUT2D eigenvalue weighted by Crippen LogP contribution is -2.43. The average molecular weight is 357 g/mol. The molecule has 2 heterocycles. The van der Waals surface area contributed by atoms with Crippen molar-refractivity contribution < 1.29 is 14.3 Å². The molecule has 0 radical (unpaired) electrons. The van der Waals surface area contributed by atoms with E-state index in [2.05, 4.69) is 17.0 Å². The number of nitrogens with zero attached hydrogens (tertiary/aromatic N) is 1. The van der Waals surface area contributed by atoms with E-state index in [9.17, 15) is 4.79 Å². The molecular weight excluding hydrogens is 326 g/mol. The smallest absolute Gasteiger partial charge is 0.335 e. The average Bonchev–Trinajstić information content (AvgIpc) is 2.68. The van der Waals surface area contributed by atoms with Gasteiger partial charge in [0.15, 0.2) is 0 Å². The third kappa shape index (κ3) is 4.88. The summed E-state index contributed by atoms with van der Waals surface area (Å²) in [6, 6.07) is 10.9. The fourth-order valence-corrected chi connectivity index (χ4v) is 4.12. The topological polar surface area (TPSA) is 38.8 Å². The summed E-state index contributed by atoms with van der Waals surface area (Å²) in [5.74, 6) is -0.114. The predicted octanol–water partition coefficient (Wildman–Crippen LogP) is 4.45. The molecule has 0 saturated carbocycles. The van der Waals surface area contributed by atoms with Crippen LogP contribution in [0, 0.1) is 0 Å². The summed E-state index contributed by atoms with van der Waals surface area (Å²) in [6.45, 7) is 4.76. The van der Waals surface area contributed by atoms with Crippen molar-refractivity contribution >= 4 is 5.97 Å². The summed E-state index contributed by atoms with van der Waals surface area (Å²) < 4.78 is 11.2. The highest BCUT2D eigenvalue weighted by Crippen LogP contribution is 2.35. The van der Waals surface area contributed by atoms with E-state index in [1.807, 2.05) is 25.1 Å². The Labute approximate surface area is 157 Å². The van der Waals surface area contributed by atoms with E-state index in [1.54, 1.807) is 0 Å². The molecule has 0 bridgehead atoms. The Morgan fingerprint density at radius 3 is 2.85 bits per heavy atom. The van der Waals surface area contributed by atoms with Crippen LogP contribution in [0.25, 0.3) is 0 Å². The van der Waals surface area contributed by atoms with Crippen LogP contribution in [0.1, 0.15) is 57.4 Å². The number of carbonyl (C=O) groups is 1. The van der Waals surface area contributed by atoms with Crippen LogP contribution in [-0.2, 0) is 20.9 Å². The maximum absolute atomic E-state index is 12.4. The molecule has 1 unspecified atom stereocenters. The zero-order valence-corrected chi connectivity index (χ0v) is 15.9. The molecule has 1 aromatic rings. The maximum Gasteiger partial charge on any atom is 0.335 e.